The second-order valence-electron chi connectivity index (χ2n) is 5.69. The molecule has 0 bridgehead atoms. The number of amides is 1. The van der Waals surface area contributed by atoms with Crippen LogP contribution in [0.15, 0.2) is 24.3 Å². The first-order valence-corrected chi connectivity index (χ1v) is 6.75. The maximum atomic E-state index is 13.5. The standard InChI is InChI=1S/C14H15ClF3NO4/c1-12(2,3)23-11(22)19-13(10(20)21,14(16,17)18)8-5-4-6-9(15)7-8/h4-7H,1-3H3,(H,19,22)(H,20,21). The third-order valence-electron chi connectivity index (χ3n) is 2.69. The normalized spacial score (nSPS) is 14.7. The molecule has 0 heterocycles. The number of carboxylic acid groups (broad SMARTS) is 1. The summed E-state index contributed by atoms with van der Waals surface area (Å²) in [5.41, 5.74) is -5.52. The fourth-order valence-electron chi connectivity index (χ4n) is 1.78. The summed E-state index contributed by atoms with van der Waals surface area (Å²) < 4.78 is 45.4. The van der Waals surface area contributed by atoms with Gasteiger partial charge in [0.1, 0.15) is 5.60 Å². The highest BCUT2D eigenvalue weighted by atomic mass is 35.5. The number of nitrogens with one attached hydrogen (secondary N) is 1. The summed E-state index contributed by atoms with van der Waals surface area (Å²) in [5.74, 6) is -2.31. The topological polar surface area (TPSA) is 75.6 Å². The molecule has 1 amide bonds. The number of ether oxygens (including phenoxy) is 1. The number of benzene rings is 1. The zero-order chi connectivity index (χ0) is 18.1. The number of carbonyl (C=O) groups excluding carboxylic acids is 1. The van der Waals surface area contributed by atoms with Crippen LogP contribution in [0.2, 0.25) is 5.02 Å². The van der Waals surface area contributed by atoms with Gasteiger partial charge >= 0.3 is 18.2 Å². The smallest absolute Gasteiger partial charge is 0.426 e. The second-order valence-corrected chi connectivity index (χ2v) is 6.13. The van der Waals surface area contributed by atoms with Gasteiger partial charge in [0.2, 0.25) is 0 Å². The Morgan fingerprint density at radius 2 is 1.78 bits per heavy atom. The Kier molecular flexibility index (Phi) is 5.20. The first-order valence-electron chi connectivity index (χ1n) is 6.37. The SMILES string of the molecule is CC(C)(C)OC(=O)NC(C(=O)O)(c1cccc(Cl)c1)C(F)(F)F. The van der Waals surface area contributed by atoms with Gasteiger partial charge < -0.3 is 9.84 Å². The molecular weight excluding hydrogens is 339 g/mol. The van der Waals surface area contributed by atoms with Crippen molar-refractivity contribution < 1.29 is 32.6 Å². The number of hydrogen-bond donors (Lipinski definition) is 2. The van der Waals surface area contributed by atoms with Crippen LogP contribution in [0.4, 0.5) is 18.0 Å². The summed E-state index contributed by atoms with van der Waals surface area (Å²) in [7, 11) is 0. The van der Waals surface area contributed by atoms with E-state index in [-0.39, 0.29) is 5.02 Å². The lowest BCUT2D eigenvalue weighted by Crippen LogP contribution is -2.61. The summed E-state index contributed by atoms with van der Waals surface area (Å²) >= 11 is 5.64. The highest BCUT2D eigenvalue weighted by Crippen LogP contribution is 2.40. The van der Waals surface area contributed by atoms with Crippen molar-refractivity contribution in [2.24, 2.45) is 0 Å². The van der Waals surface area contributed by atoms with Gasteiger partial charge in [-0.1, -0.05) is 23.7 Å². The van der Waals surface area contributed by atoms with E-state index >= 15 is 0 Å². The van der Waals surface area contributed by atoms with Gasteiger partial charge in [-0.25, -0.2) is 9.59 Å². The average Bonchev–Trinajstić information content (AvgIpc) is 2.31. The largest absolute Gasteiger partial charge is 0.479 e. The van der Waals surface area contributed by atoms with E-state index in [0.717, 1.165) is 18.2 Å². The molecule has 9 heteroatoms. The average molecular weight is 354 g/mol. The Labute approximate surface area is 135 Å². The van der Waals surface area contributed by atoms with E-state index in [9.17, 15) is 27.9 Å². The minimum Gasteiger partial charge on any atom is -0.479 e. The van der Waals surface area contributed by atoms with Crippen molar-refractivity contribution in [3.63, 3.8) is 0 Å². The lowest BCUT2D eigenvalue weighted by Gasteiger charge is -2.33. The molecule has 0 saturated heterocycles. The molecule has 0 fully saturated rings. The number of hydrogen-bond acceptors (Lipinski definition) is 3. The Hall–Kier alpha value is -1.96. The van der Waals surface area contributed by atoms with Gasteiger partial charge in [0.25, 0.3) is 5.54 Å². The van der Waals surface area contributed by atoms with Crippen LogP contribution >= 0.6 is 11.6 Å². The number of aliphatic carboxylic acids is 1. The molecule has 0 radical (unpaired) electrons. The third kappa shape index (κ3) is 4.28. The van der Waals surface area contributed by atoms with Crippen LogP contribution < -0.4 is 5.32 Å². The first kappa shape index (κ1) is 19.1. The molecule has 0 aliphatic heterocycles. The molecule has 0 saturated carbocycles. The Bertz CT molecular complexity index is 613. The Balaban J connectivity index is 3.43. The Morgan fingerprint density at radius 1 is 1.22 bits per heavy atom. The molecule has 0 spiro atoms. The van der Waals surface area contributed by atoms with Crippen LogP contribution in [-0.2, 0) is 15.1 Å². The van der Waals surface area contributed by atoms with Gasteiger partial charge in [0, 0.05) is 5.02 Å². The van der Waals surface area contributed by atoms with E-state index in [0.29, 0.717) is 0 Å². The summed E-state index contributed by atoms with van der Waals surface area (Å²) in [6.07, 6.45) is -6.85. The molecule has 23 heavy (non-hydrogen) atoms. The van der Waals surface area contributed by atoms with Crippen molar-refractivity contribution in [3.8, 4) is 0 Å². The molecule has 5 nitrogen and oxygen atoms in total. The van der Waals surface area contributed by atoms with Gasteiger partial charge in [-0.2, -0.15) is 13.2 Å². The van der Waals surface area contributed by atoms with E-state index in [4.69, 9.17) is 16.3 Å². The van der Waals surface area contributed by atoms with Crippen molar-refractivity contribution in [2.45, 2.75) is 38.1 Å². The van der Waals surface area contributed by atoms with Gasteiger partial charge in [0.15, 0.2) is 0 Å². The summed E-state index contributed by atoms with van der Waals surface area (Å²) in [5, 5.41) is 10.5. The second kappa shape index (κ2) is 6.27. The minimum absolute atomic E-state index is 0.108. The molecule has 1 aromatic rings. The van der Waals surface area contributed by atoms with Crippen LogP contribution in [0.25, 0.3) is 0 Å². The zero-order valence-electron chi connectivity index (χ0n) is 12.5. The molecule has 128 valence electrons. The van der Waals surface area contributed by atoms with E-state index in [1.54, 1.807) is 0 Å². The number of carboxylic acids is 1. The van der Waals surface area contributed by atoms with E-state index < -0.39 is 34.9 Å². The number of alkyl carbamates (subject to hydrolysis) is 1. The third-order valence-corrected chi connectivity index (χ3v) is 2.93. The molecule has 1 aromatic carbocycles. The fourth-order valence-corrected chi connectivity index (χ4v) is 1.97. The summed E-state index contributed by atoms with van der Waals surface area (Å²) in [6.45, 7) is 4.30. The molecule has 0 aliphatic rings. The fraction of sp³-hybridized carbons (Fsp3) is 0.429. The molecule has 1 atom stereocenters. The molecule has 0 aromatic heterocycles. The highest BCUT2D eigenvalue weighted by Gasteiger charge is 2.64. The van der Waals surface area contributed by atoms with E-state index in [1.807, 2.05) is 0 Å². The molecule has 1 rings (SSSR count). The number of carbonyl (C=O) groups is 2. The molecule has 0 aliphatic carbocycles. The Morgan fingerprint density at radius 3 is 2.17 bits per heavy atom. The van der Waals surface area contributed by atoms with E-state index in [1.165, 1.54) is 32.2 Å². The zero-order valence-corrected chi connectivity index (χ0v) is 13.2. The summed E-state index contributed by atoms with van der Waals surface area (Å²) in [6, 6.07) is 4.16. The molecule has 1 unspecified atom stereocenters. The van der Waals surface area contributed by atoms with Crippen molar-refractivity contribution in [2.75, 3.05) is 0 Å². The van der Waals surface area contributed by atoms with Crippen molar-refractivity contribution in [1.82, 2.24) is 5.32 Å². The van der Waals surface area contributed by atoms with E-state index in [2.05, 4.69) is 0 Å². The van der Waals surface area contributed by atoms with Crippen LogP contribution in [-0.4, -0.2) is 28.9 Å². The summed E-state index contributed by atoms with van der Waals surface area (Å²) in [4.78, 5) is 23.2. The van der Waals surface area contributed by atoms with Crippen LogP contribution in [0, 0.1) is 0 Å². The predicted octanol–water partition coefficient (Wildman–Crippen LogP) is 3.71. The molecular formula is C14H15ClF3NO4. The van der Waals surface area contributed by atoms with Crippen molar-refractivity contribution in [1.29, 1.82) is 0 Å². The lowest BCUT2D eigenvalue weighted by atomic mass is 9.89. The van der Waals surface area contributed by atoms with Gasteiger partial charge in [0.05, 0.1) is 0 Å². The van der Waals surface area contributed by atoms with Gasteiger partial charge in [-0.15, -0.1) is 0 Å². The molecule has 2 N–H and O–H groups in total. The number of alkyl halides is 3. The maximum absolute atomic E-state index is 13.5. The monoisotopic (exact) mass is 353 g/mol. The predicted molar refractivity (Wildman–Crippen MR) is 76.2 cm³/mol. The first-order chi connectivity index (χ1) is 10.3. The van der Waals surface area contributed by atoms with Crippen LogP contribution in [0.1, 0.15) is 26.3 Å². The van der Waals surface area contributed by atoms with Gasteiger partial charge in [-0.3, -0.25) is 5.32 Å². The quantitative estimate of drug-likeness (QED) is 0.868. The van der Waals surface area contributed by atoms with Crippen LogP contribution in [0.3, 0.4) is 0 Å². The maximum Gasteiger partial charge on any atom is 0.426 e. The van der Waals surface area contributed by atoms with Crippen LogP contribution in [0.5, 0.6) is 0 Å². The lowest BCUT2D eigenvalue weighted by molar-refractivity contribution is -0.212. The van der Waals surface area contributed by atoms with Crippen molar-refractivity contribution >= 4 is 23.7 Å². The van der Waals surface area contributed by atoms with Crippen molar-refractivity contribution in [3.05, 3.63) is 34.9 Å². The number of halogens is 4. The minimum atomic E-state index is -5.33. The number of rotatable bonds is 3. The highest BCUT2D eigenvalue weighted by molar-refractivity contribution is 6.30. The van der Waals surface area contributed by atoms with Gasteiger partial charge in [-0.05, 0) is 38.5 Å².